The van der Waals surface area contributed by atoms with Gasteiger partial charge in [-0.2, -0.15) is 0 Å². The summed E-state index contributed by atoms with van der Waals surface area (Å²) in [5.41, 5.74) is 5.92. The molecule has 0 bridgehead atoms. The van der Waals surface area contributed by atoms with Gasteiger partial charge in [0.2, 0.25) is 0 Å². The molecular weight excluding hydrogens is 376 g/mol. The van der Waals surface area contributed by atoms with Crippen molar-refractivity contribution < 1.29 is 23.9 Å². The lowest BCUT2D eigenvalue weighted by Gasteiger charge is -2.23. The number of rotatable bonds is 7. The van der Waals surface area contributed by atoms with Gasteiger partial charge < -0.3 is 21.1 Å². The smallest absolute Gasteiger partial charge is 0.329 e. The third kappa shape index (κ3) is 7.81. The molecule has 0 radical (unpaired) electrons. The lowest BCUT2D eigenvalue weighted by atomic mass is 9.96. The van der Waals surface area contributed by atoms with Crippen LogP contribution < -0.4 is 21.7 Å². The van der Waals surface area contributed by atoms with Gasteiger partial charge in [-0.1, -0.05) is 49.6 Å². The summed E-state index contributed by atoms with van der Waals surface area (Å²) in [6.07, 6.45) is 3.94. The standard InChI is InChI=1S/C20H28N4O5/c1-13(17(25)24-20(28)22-15-10-6-3-7-11-15)29-18(26)16(23-19(21)27)12-14-8-4-2-5-9-14/h2,4-5,8-9,13,15-16H,3,6-7,10-12H2,1H3,(H3,21,23,27)(H2,22,24,25,28)/t13-,16+/m1/s1. The SMILES string of the molecule is C[C@@H](OC(=O)[C@H](Cc1ccccc1)NC(N)=O)C(=O)NC(=O)NC1CCCCC1. The molecule has 0 saturated heterocycles. The van der Waals surface area contributed by atoms with E-state index in [1.54, 1.807) is 24.3 Å². The van der Waals surface area contributed by atoms with Gasteiger partial charge in [-0.3, -0.25) is 10.1 Å². The zero-order valence-corrected chi connectivity index (χ0v) is 16.5. The average molecular weight is 404 g/mol. The molecule has 5 N–H and O–H groups in total. The Morgan fingerprint density at radius 1 is 1.10 bits per heavy atom. The molecule has 2 rings (SSSR count). The minimum atomic E-state index is -1.22. The minimum Gasteiger partial charge on any atom is -0.451 e. The quantitative estimate of drug-likeness (QED) is 0.508. The highest BCUT2D eigenvalue weighted by atomic mass is 16.5. The molecule has 0 spiro atoms. The molecule has 0 heterocycles. The Hall–Kier alpha value is -3.10. The van der Waals surface area contributed by atoms with E-state index in [-0.39, 0.29) is 12.5 Å². The second-order valence-corrected chi connectivity index (χ2v) is 7.13. The van der Waals surface area contributed by atoms with E-state index in [4.69, 9.17) is 10.5 Å². The molecular formula is C20H28N4O5. The van der Waals surface area contributed by atoms with E-state index in [0.29, 0.717) is 0 Å². The molecule has 29 heavy (non-hydrogen) atoms. The first-order chi connectivity index (χ1) is 13.8. The summed E-state index contributed by atoms with van der Waals surface area (Å²) in [4.78, 5) is 47.8. The van der Waals surface area contributed by atoms with Crippen LogP contribution in [-0.2, 0) is 20.7 Å². The Balaban J connectivity index is 1.87. The van der Waals surface area contributed by atoms with E-state index >= 15 is 0 Å². The highest BCUT2D eigenvalue weighted by Crippen LogP contribution is 2.17. The summed E-state index contributed by atoms with van der Waals surface area (Å²) < 4.78 is 5.14. The molecule has 1 aromatic rings. The Kier molecular flexibility index (Phi) is 8.45. The van der Waals surface area contributed by atoms with Gasteiger partial charge in [0.05, 0.1) is 0 Å². The van der Waals surface area contributed by atoms with Crippen LogP contribution >= 0.6 is 0 Å². The Labute approximate surface area is 169 Å². The predicted molar refractivity (Wildman–Crippen MR) is 106 cm³/mol. The zero-order valence-electron chi connectivity index (χ0n) is 16.5. The predicted octanol–water partition coefficient (Wildman–Crippen LogP) is 1.36. The molecule has 1 fully saturated rings. The van der Waals surface area contributed by atoms with Gasteiger partial charge in [0.15, 0.2) is 6.10 Å². The molecule has 0 aromatic heterocycles. The van der Waals surface area contributed by atoms with Crippen LogP contribution in [0, 0.1) is 0 Å². The Bertz CT molecular complexity index is 719. The minimum absolute atomic E-state index is 0.0458. The number of nitrogens with two attached hydrogens (primary N) is 1. The number of amides is 5. The van der Waals surface area contributed by atoms with Crippen LogP contribution in [0.1, 0.15) is 44.6 Å². The molecule has 0 aliphatic heterocycles. The molecule has 1 aliphatic rings. The van der Waals surface area contributed by atoms with Crippen LogP contribution in [0.4, 0.5) is 9.59 Å². The van der Waals surface area contributed by atoms with Crippen LogP contribution in [0.5, 0.6) is 0 Å². The number of imide groups is 1. The van der Waals surface area contributed by atoms with Crippen molar-refractivity contribution in [2.75, 3.05) is 0 Å². The summed E-state index contributed by atoms with van der Waals surface area (Å²) in [6.45, 7) is 1.35. The summed E-state index contributed by atoms with van der Waals surface area (Å²) in [5.74, 6) is -1.56. The second kappa shape index (κ2) is 11.0. The van der Waals surface area contributed by atoms with Crippen molar-refractivity contribution in [2.24, 2.45) is 5.73 Å². The fourth-order valence-corrected chi connectivity index (χ4v) is 3.21. The lowest BCUT2D eigenvalue weighted by molar-refractivity contribution is -0.156. The van der Waals surface area contributed by atoms with Crippen molar-refractivity contribution >= 4 is 23.9 Å². The topological polar surface area (TPSA) is 140 Å². The first-order valence-electron chi connectivity index (χ1n) is 9.77. The molecule has 9 nitrogen and oxygen atoms in total. The van der Waals surface area contributed by atoms with E-state index in [1.807, 2.05) is 6.07 Å². The maximum absolute atomic E-state index is 12.4. The summed E-state index contributed by atoms with van der Waals surface area (Å²) in [5, 5.41) is 7.26. The molecule has 1 saturated carbocycles. The normalized spacial score (nSPS) is 16.2. The van der Waals surface area contributed by atoms with Crippen LogP contribution in [0.15, 0.2) is 30.3 Å². The molecule has 1 aromatic carbocycles. The zero-order chi connectivity index (χ0) is 21.2. The number of hydrogen-bond donors (Lipinski definition) is 4. The fourth-order valence-electron chi connectivity index (χ4n) is 3.21. The number of primary amides is 1. The van der Waals surface area contributed by atoms with E-state index in [1.165, 1.54) is 6.92 Å². The number of nitrogens with one attached hydrogen (secondary N) is 3. The van der Waals surface area contributed by atoms with E-state index in [0.717, 1.165) is 37.7 Å². The Morgan fingerprint density at radius 2 is 1.76 bits per heavy atom. The van der Waals surface area contributed by atoms with Crippen molar-refractivity contribution in [2.45, 2.75) is 63.6 Å². The lowest BCUT2D eigenvalue weighted by Crippen LogP contribution is -2.50. The molecule has 9 heteroatoms. The number of benzene rings is 1. The van der Waals surface area contributed by atoms with Gasteiger partial charge in [0.1, 0.15) is 6.04 Å². The van der Waals surface area contributed by atoms with E-state index in [9.17, 15) is 19.2 Å². The summed E-state index contributed by atoms with van der Waals surface area (Å²) in [6, 6.07) is 6.48. The number of carbonyl (C=O) groups excluding carboxylic acids is 4. The summed E-state index contributed by atoms with van der Waals surface area (Å²) in [7, 11) is 0. The number of esters is 1. The molecule has 1 aliphatic carbocycles. The second-order valence-electron chi connectivity index (χ2n) is 7.13. The number of carbonyl (C=O) groups is 4. The maximum atomic E-state index is 12.4. The largest absolute Gasteiger partial charge is 0.451 e. The van der Waals surface area contributed by atoms with Crippen molar-refractivity contribution in [1.29, 1.82) is 0 Å². The monoisotopic (exact) mass is 404 g/mol. The highest BCUT2D eigenvalue weighted by Gasteiger charge is 2.27. The van der Waals surface area contributed by atoms with Crippen LogP contribution in [0.25, 0.3) is 0 Å². The van der Waals surface area contributed by atoms with Crippen LogP contribution in [0.3, 0.4) is 0 Å². The van der Waals surface area contributed by atoms with Gasteiger partial charge in [0.25, 0.3) is 5.91 Å². The number of urea groups is 2. The molecule has 158 valence electrons. The van der Waals surface area contributed by atoms with Gasteiger partial charge in [0, 0.05) is 12.5 Å². The van der Waals surface area contributed by atoms with E-state index < -0.39 is 36.1 Å². The van der Waals surface area contributed by atoms with Crippen LogP contribution in [-0.4, -0.2) is 42.1 Å². The van der Waals surface area contributed by atoms with Crippen molar-refractivity contribution in [3.05, 3.63) is 35.9 Å². The maximum Gasteiger partial charge on any atom is 0.329 e. The first-order valence-corrected chi connectivity index (χ1v) is 9.77. The number of hydrogen-bond acceptors (Lipinski definition) is 5. The third-order valence-corrected chi connectivity index (χ3v) is 4.72. The van der Waals surface area contributed by atoms with Crippen LogP contribution in [0.2, 0.25) is 0 Å². The van der Waals surface area contributed by atoms with E-state index in [2.05, 4.69) is 16.0 Å². The first kappa shape index (κ1) is 22.2. The van der Waals surface area contributed by atoms with Crippen molar-refractivity contribution in [3.63, 3.8) is 0 Å². The van der Waals surface area contributed by atoms with Gasteiger partial charge in [-0.25, -0.2) is 14.4 Å². The van der Waals surface area contributed by atoms with Crippen molar-refractivity contribution in [3.8, 4) is 0 Å². The Morgan fingerprint density at radius 3 is 2.38 bits per heavy atom. The highest BCUT2D eigenvalue weighted by molar-refractivity contribution is 5.97. The molecule has 5 amide bonds. The van der Waals surface area contributed by atoms with Gasteiger partial charge in [-0.05, 0) is 25.3 Å². The molecule has 2 atom stereocenters. The van der Waals surface area contributed by atoms with Gasteiger partial charge >= 0.3 is 18.0 Å². The van der Waals surface area contributed by atoms with Gasteiger partial charge in [-0.15, -0.1) is 0 Å². The van der Waals surface area contributed by atoms with Crippen molar-refractivity contribution in [1.82, 2.24) is 16.0 Å². The summed E-state index contributed by atoms with van der Waals surface area (Å²) >= 11 is 0. The number of ether oxygens (including phenoxy) is 1. The third-order valence-electron chi connectivity index (χ3n) is 4.72. The average Bonchev–Trinajstić information content (AvgIpc) is 2.68. The molecule has 0 unspecified atom stereocenters. The fraction of sp³-hybridized carbons (Fsp3) is 0.500.